The van der Waals surface area contributed by atoms with Crippen molar-refractivity contribution in [2.75, 3.05) is 60.1 Å². The topological polar surface area (TPSA) is 168 Å². The number of anilines is 4. The van der Waals surface area contributed by atoms with E-state index in [1.54, 1.807) is 36.4 Å². The summed E-state index contributed by atoms with van der Waals surface area (Å²) in [6, 6.07) is 18.9. The van der Waals surface area contributed by atoms with Gasteiger partial charge in [0.05, 0.1) is 68.5 Å². The Hall–Kier alpha value is -4.52. The van der Waals surface area contributed by atoms with Crippen molar-refractivity contribution in [3.63, 3.8) is 0 Å². The number of ether oxygens (including phenoxy) is 2. The van der Waals surface area contributed by atoms with Gasteiger partial charge in [0, 0.05) is 47.4 Å². The fourth-order valence-corrected chi connectivity index (χ4v) is 14.3. The Labute approximate surface area is 409 Å². The summed E-state index contributed by atoms with van der Waals surface area (Å²) in [5.41, 5.74) is 1.58. The van der Waals surface area contributed by atoms with Crippen LogP contribution >= 0.6 is 23.5 Å². The number of hydrogen-bond donors (Lipinski definition) is 2. The van der Waals surface area contributed by atoms with E-state index >= 15 is 0 Å². The molecule has 0 radical (unpaired) electrons. The van der Waals surface area contributed by atoms with Crippen molar-refractivity contribution in [2.45, 2.75) is 111 Å². The molecule has 2 atom stereocenters. The molecule has 12 nitrogen and oxygen atoms in total. The summed E-state index contributed by atoms with van der Waals surface area (Å²) in [4.78, 5) is 27.6. The van der Waals surface area contributed by atoms with Gasteiger partial charge in [-0.15, -0.1) is 23.5 Å². The molecule has 6 rings (SSSR count). The molecular weight excluding hydrogens is 955 g/mol. The number of thioether (sulfide) groups is 2. The average molecular weight is 1020 g/mol. The molecule has 4 aromatic carbocycles. The predicted octanol–water partition coefficient (Wildman–Crippen LogP) is 11.8. The van der Waals surface area contributed by atoms with Crippen molar-refractivity contribution >= 4 is 77.9 Å². The van der Waals surface area contributed by atoms with Crippen molar-refractivity contribution in [1.29, 1.82) is 0 Å². The summed E-state index contributed by atoms with van der Waals surface area (Å²) < 4.78 is 93.8. The maximum atomic E-state index is 13.8. The second kappa shape index (κ2) is 23.9. The largest absolute Gasteiger partial charge is 0.492 e. The van der Waals surface area contributed by atoms with Crippen LogP contribution in [0.4, 0.5) is 31.5 Å². The van der Waals surface area contributed by atoms with E-state index < -0.39 is 42.4 Å². The van der Waals surface area contributed by atoms with Crippen LogP contribution in [0.5, 0.6) is 11.5 Å². The van der Waals surface area contributed by atoms with Crippen LogP contribution in [0, 0.1) is 22.5 Å². The Morgan fingerprint density at radius 2 is 0.971 bits per heavy atom. The molecule has 0 amide bonds. The zero-order valence-corrected chi connectivity index (χ0v) is 43.0. The number of unbranched alkanes of at least 4 members (excludes halogenated alkanes) is 2. The maximum absolute atomic E-state index is 13.8. The van der Waals surface area contributed by atoms with E-state index in [1.165, 1.54) is 59.9 Å². The number of carbonyl (C=O) groups is 2. The molecule has 0 aromatic heterocycles. The van der Waals surface area contributed by atoms with E-state index in [4.69, 9.17) is 19.7 Å². The smallest absolute Gasteiger partial charge is 0.306 e. The Bertz CT molecular complexity index is 2420. The van der Waals surface area contributed by atoms with Gasteiger partial charge in [-0.3, -0.25) is 9.59 Å². The first-order valence-electron chi connectivity index (χ1n) is 22.9. The van der Waals surface area contributed by atoms with E-state index in [0.717, 1.165) is 49.9 Å². The van der Waals surface area contributed by atoms with Gasteiger partial charge >= 0.3 is 11.9 Å². The fourth-order valence-electron chi connectivity index (χ4n) is 8.81. The number of hydrogen-bond acceptors (Lipinski definition) is 12. The highest BCUT2D eigenvalue weighted by atomic mass is 32.2. The second-order valence-electron chi connectivity index (χ2n) is 17.5. The number of halogens is 2. The molecule has 0 saturated heterocycles. The lowest BCUT2D eigenvalue weighted by atomic mass is 9.81. The van der Waals surface area contributed by atoms with Crippen LogP contribution in [0.25, 0.3) is 0 Å². The normalized spacial score (nSPS) is 19.4. The fraction of sp³-hybridized carbons (Fsp3) is 0.480. The highest BCUT2D eigenvalue weighted by Crippen LogP contribution is 2.49. The van der Waals surface area contributed by atoms with Gasteiger partial charge in [0.15, 0.2) is 19.7 Å². The van der Waals surface area contributed by atoms with Gasteiger partial charge in [-0.2, -0.15) is 0 Å². The van der Waals surface area contributed by atoms with Crippen molar-refractivity contribution in [1.82, 2.24) is 0 Å². The minimum absolute atomic E-state index is 0.00831. The molecule has 2 N–H and O–H groups in total. The molecule has 0 aliphatic carbocycles. The number of sulfone groups is 2. The van der Waals surface area contributed by atoms with Crippen LogP contribution in [-0.2, 0) is 29.3 Å². The van der Waals surface area contributed by atoms with Crippen molar-refractivity contribution in [3.8, 4) is 11.5 Å². The van der Waals surface area contributed by atoms with Gasteiger partial charge in [0.2, 0.25) is 0 Å². The first-order chi connectivity index (χ1) is 32.3. The Balaban J connectivity index is 0.000000254. The van der Waals surface area contributed by atoms with E-state index in [-0.39, 0.29) is 59.0 Å². The average Bonchev–Trinajstić information content (AvgIpc) is 3.47. The predicted molar refractivity (Wildman–Crippen MR) is 267 cm³/mol. The number of fused-ring (bicyclic) bond motifs is 2. The lowest BCUT2D eigenvalue weighted by Gasteiger charge is -2.36. The minimum Gasteiger partial charge on any atom is -0.492 e. The molecule has 0 spiro atoms. The summed E-state index contributed by atoms with van der Waals surface area (Å²) in [6.45, 7) is 9.11. The van der Waals surface area contributed by atoms with Gasteiger partial charge < -0.3 is 29.5 Å². The monoisotopic (exact) mass is 1020 g/mol. The Morgan fingerprint density at radius 3 is 1.26 bits per heavy atom. The minimum atomic E-state index is -3.69. The van der Waals surface area contributed by atoms with Crippen molar-refractivity contribution < 1.29 is 54.9 Å². The van der Waals surface area contributed by atoms with E-state index in [2.05, 4.69) is 13.8 Å². The SMILES string of the molecule is CCCC[C@@]1(CC)CN(c2ccc(F)cc2)c2cc(SC)c(OCCC(=O)O)cc2S(=O)(=O)C1.CCCC[C@]1(CC)CN(c2ccc(F)cc2)c2cc(SC)c(OCCC(=O)O)cc2S(=O)(=O)C1. The summed E-state index contributed by atoms with van der Waals surface area (Å²) >= 11 is 2.80. The third-order valence-electron chi connectivity index (χ3n) is 12.8. The van der Waals surface area contributed by atoms with Gasteiger partial charge in [0.1, 0.15) is 23.1 Å². The number of nitrogens with zero attached hydrogens (tertiary/aromatic N) is 2. The van der Waals surface area contributed by atoms with Crippen LogP contribution in [0.15, 0.2) is 92.4 Å². The molecule has 4 aromatic rings. The third-order valence-corrected chi connectivity index (χ3v) is 18.3. The Kier molecular flexibility index (Phi) is 19.1. The Morgan fingerprint density at radius 1 is 0.618 bits per heavy atom. The molecular formula is C50H64F2N2O10S4. The van der Waals surface area contributed by atoms with Crippen LogP contribution in [0.3, 0.4) is 0 Å². The van der Waals surface area contributed by atoms with Gasteiger partial charge in [-0.05, 0) is 98.9 Å². The zero-order valence-electron chi connectivity index (χ0n) is 39.7. The van der Waals surface area contributed by atoms with Crippen molar-refractivity contribution in [2.24, 2.45) is 10.8 Å². The van der Waals surface area contributed by atoms with Gasteiger partial charge in [-0.1, -0.05) is 53.4 Å². The molecule has 0 saturated carbocycles. The van der Waals surface area contributed by atoms with Gasteiger partial charge in [-0.25, -0.2) is 25.6 Å². The van der Waals surface area contributed by atoms with Crippen LogP contribution in [-0.4, -0.2) is 89.3 Å². The molecule has 0 fully saturated rings. The second-order valence-corrected chi connectivity index (χ2v) is 23.1. The number of carboxylic acid groups (broad SMARTS) is 2. The van der Waals surface area contributed by atoms with Gasteiger partial charge in [0.25, 0.3) is 0 Å². The standard InChI is InChI=1S/2C25H32FNO5S2/c2*1-4-6-12-25(5-2)16-27(19-9-7-18(26)8-10-19)20-14-22(33-3)21(32-13-11-24(28)29)15-23(20)34(30,31)17-25/h2*7-10,14-15H,4-6,11-13,16-17H2,1-3H3,(H,28,29)/t2*25-/m10/s1. The number of aliphatic carboxylic acids is 2. The van der Waals surface area contributed by atoms with E-state index in [0.29, 0.717) is 58.6 Å². The molecule has 18 heteroatoms. The summed E-state index contributed by atoms with van der Waals surface area (Å²) in [5, 5.41) is 17.9. The van der Waals surface area contributed by atoms with Crippen LogP contribution in [0.1, 0.15) is 91.9 Å². The quantitative estimate of drug-likeness (QED) is 0.0802. The summed E-state index contributed by atoms with van der Waals surface area (Å²) in [6.07, 6.45) is 10.0. The highest BCUT2D eigenvalue weighted by Gasteiger charge is 2.43. The molecule has 2 heterocycles. The van der Waals surface area contributed by atoms with Crippen LogP contribution in [0.2, 0.25) is 0 Å². The molecule has 2 aliphatic rings. The number of benzene rings is 4. The maximum Gasteiger partial charge on any atom is 0.306 e. The summed E-state index contributed by atoms with van der Waals surface area (Å²) in [7, 11) is -7.38. The zero-order chi connectivity index (χ0) is 49.9. The molecule has 0 bridgehead atoms. The third kappa shape index (κ3) is 13.4. The van der Waals surface area contributed by atoms with Crippen molar-refractivity contribution in [3.05, 3.63) is 84.4 Å². The first kappa shape index (κ1) is 54.4. The van der Waals surface area contributed by atoms with E-state index in [1.807, 2.05) is 36.2 Å². The number of carboxylic acids is 2. The van der Waals surface area contributed by atoms with Crippen LogP contribution < -0.4 is 19.3 Å². The molecule has 372 valence electrons. The molecule has 2 aliphatic heterocycles. The lowest BCUT2D eigenvalue weighted by Crippen LogP contribution is -2.37. The molecule has 0 unspecified atom stereocenters. The van der Waals surface area contributed by atoms with E-state index in [9.17, 15) is 35.2 Å². The molecule has 68 heavy (non-hydrogen) atoms. The first-order valence-corrected chi connectivity index (χ1v) is 28.7. The lowest BCUT2D eigenvalue weighted by molar-refractivity contribution is -0.138. The number of rotatable bonds is 20. The highest BCUT2D eigenvalue weighted by molar-refractivity contribution is 7.99. The summed E-state index contributed by atoms with van der Waals surface area (Å²) in [5.74, 6) is -1.96.